The van der Waals surface area contributed by atoms with Crippen molar-refractivity contribution in [2.45, 2.75) is 5.75 Å². The number of halogens is 2. The highest BCUT2D eigenvalue weighted by Crippen LogP contribution is 2.19. The molecular formula is C16H13F2N3S. The van der Waals surface area contributed by atoms with Gasteiger partial charge in [-0.15, -0.1) is 5.10 Å². The summed E-state index contributed by atoms with van der Waals surface area (Å²) < 4.78 is 27.4. The summed E-state index contributed by atoms with van der Waals surface area (Å²) in [6.07, 6.45) is 1.83. The second kappa shape index (κ2) is 6.62. The molecule has 1 aromatic heterocycles. The number of nitrogens with one attached hydrogen (secondary N) is 1. The van der Waals surface area contributed by atoms with Gasteiger partial charge >= 0.3 is 0 Å². The highest BCUT2D eigenvalue weighted by Gasteiger charge is 2.02. The molecule has 0 aliphatic rings. The third-order valence-electron chi connectivity index (χ3n) is 2.96. The van der Waals surface area contributed by atoms with E-state index in [1.165, 1.54) is 36.2 Å². The Kier molecular flexibility index (Phi) is 4.39. The third kappa shape index (κ3) is 3.85. The molecule has 6 heteroatoms. The Morgan fingerprint density at radius 3 is 2.23 bits per heavy atom. The summed E-state index contributed by atoms with van der Waals surface area (Å²) in [5, 5.41) is 7.46. The number of aromatic nitrogens is 2. The molecule has 0 bridgehead atoms. The molecule has 0 fully saturated rings. The standard InChI is InChI=1S/C16H13F2N3S/c17-13-3-1-12(2-4-13)11-22-21-10-9-16(20-21)19-15-7-5-14(18)6-8-15/h1-10H,11H2,(H,19,20). The van der Waals surface area contributed by atoms with Crippen LogP contribution in [0.15, 0.2) is 60.8 Å². The zero-order valence-corrected chi connectivity index (χ0v) is 12.4. The summed E-state index contributed by atoms with van der Waals surface area (Å²) in [7, 11) is 0. The second-order valence-corrected chi connectivity index (χ2v) is 5.56. The molecular weight excluding hydrogens is 304 g/mol. The van der Waals surface area contributed by atoms with Gasteiger partial charge < -0.3 is 5.32 Å². The maximum Gasteiger partial charge on any atom is 0.153 e. The fourth-order valence-corrected chi connectivity index (χ4v) is 2.61. The van der Waals surface area contributed by atoms with Crippen LogP contribution < -0.4 is 5.32 Å². The van der Waals surface area contributed by atoms with E-state index in [4.69, 9.17) is 0 Å². The van der Waals surface area contributed by atoms with Crippen LogP contribution in [0, 0.1) is 11.6 Å². The van der Waals surface area contributed by atoms with Gasteiger partial charge in [-0.1, -0.05) is 12.1 Å². The number of hydrogen-bond donors (Lipinski definition) is 1. The van der Waals surface area contributed by atoms with Gasteiger partial charge in [0.1, 0.15) is 11.6 Å². The van der Waals surface area contributed by atoms with Crippen LogP contribution in [0.4, 0.5) is 20.3 Å². The lowest BCUT2D eigenvalue weighted by Crippen LogP contribution is -1.94. The van der Waals surface area contributed by atoms with Crippen molar-refractivity contribution in [2.24, 2.45) is 0 Å². The molecule has 0 unspecified atom stereocenters. The lowest BCUT2D eigenvalue weighted by Gasteiger charge is -2.03. The van der Waals surface area contributed by atoms with Crippen LogP contribution in [-0.4, -0.2) is 9.19 Å². The van der Waals surface area contributed by atoms with Gasteiger partial charge in [0, 0.05) is 23.7 Å². The minimum atomic E-state index is -0.272. The Hall–Kier alpha value is -2.34. The molecule has 0 saturated carbocycles. The molecule has 3 aromatic rings. The molecule has 0 radical (unpaired) electrons. The second-order valence-electron chi connectivity index (χ2n) is 4.64. The van der Waals surface area contributed by atoms with E-state index in [1.807, 2.05) is 12.3 Å². The zero-order valence-electron chi connectivity index (χ0n) is 11.5. The molecule has 1 N–H and O–H groups in total. The Labute approximate surface area is 131 Å². The number of benzene rings is 2. The predicted molar refractivity (Wildman–Crippen MR) is 85.0 cm³/mol. The van der Waals surface area contributed by atoms with Crippen LogP contribution in [0.2, 0.25) is 0 Å². The third-order valence-corrected chi connectivity index (χ3v) is 3.89. The molecule has 2 aromatic carbocycles. The predicted octanol–water partition coefficient (Wildman–Crippen LogP) is 4.60. The average Bonchev–Trinajstić information content (AvgIpc) is 2.97. The number of nitrogens with zero attached hydrogens (tertiary/aromatic N) is 2. The van der Waals surface area contributed by atoms with Crippen LogP contribution in [0.1, 0.15) is 5.56 Å². The van der Waals surface area contributed by atoms with Crippen molar-refractivity contribution in [1.29, 1.82) is 0 Å². The first kappa shape index (κ1) is 14.6. The van der Waals surface area contributed by atoms with E-state index in [0.717, 1.165) is 11.3 Å². The Morgan fingerprint density at radius 1 is 0.909 bits per heavy atom. The molecule has 22 heavy (non-hydrogen) atoms. The van der Waals surface area contributed by atoms with E-state index < -0.39 is 0 Å². The molecule has 0 spiro atoms. The van der Waals surface area contributed by atoms with E-state index in [-0.39, 0.29) is 11.6 Å². The van der Waals surface area contributed by atoms with E-state index in [1.54, 1.807) is 28.4 Å². The lowest BCUT2D eigenvalue weighted by molar-refractivity contribution is 0.627. The first-order chi connectivity index (χ1) is 10.7. The van der Waals surface area contributed by atoms with Crippen LogP contribution in [0.5, 0.6) is 0 Å². The van der Waals surface area contributed by atoms with Crippen molar-refractivity contribution in [3.8, 4) is 0 Å². The summed E-state index contributed by atoms with van der Waals surface area (Å²) in [6.45, 7) is 0. The van der Waals surface area contributed by atoms with Crippen molar-refractivity contribution in [3.05, 3.63) is 78.0 Å². The van der Waals surface area contributed by atoms with Gasteiger partial charge in [-0.2, -0.15) is 0 Å². The maximum atomic E-state index is 12.8. The molecule has 3 rings (SSSR count). The summed E-state index contributed by atoms with van der Waals surface area (Å²) >= 11 is 1.50. The number of anilines is 2. The average molecular weight is 317 g/mol. The van der Waals surface area contributed by atoms with Crippen LogP contribution >= 0.6 is 11.9 Å². The van der Waals surface area contributed by atoms with E-state index in [0.29, 0.717) is 11.6 Å². The summed E-state index contributed by atoms with van der Waals surface area (Å²) in [6, 6.07) is 14.3. The first-order valence-corrected chi connectivity index (χ1v) is 7.59. The molecule has 0 aliphatic heterocycles. The van der Waals surface area contributed by atoms with E-state index in [9.17, 15) is 8.78 Å². The van der Waals surface area contributed by atoms with Gasteiger partial charge in [0.15, 0.2) is 5.82 Å². The highest BCUT2D eigenvalue weighted by molar-refractivity contribution is 7.96. The smallest absolute Gasteiger partial charge is 0.153 e. The van der Waals surface area contributed by atoms with Crippen molar-refractivity contribution in [1.82, 2.24) is 9.19 Å². The van der Waals surface area contributed by atoms with Crippen molar-refractivity contribution in [2.75, 3.05) is 5.32 Å². The van der Waals surface area contributed by atoms with Gasteiger partial charge in [0.25, 0.3) is 0 Å². The fourth-order valence-electron chi connectivity index (χ4n) is 1.85. The maximum absolute atomic E-state index is 12.8. The van der Waals surface area contributed by atoms with Gasteiger partial charge in [0.2, 0.25) is 0 Å². The number of rotatable bonds is 5. The monoisotopic (exact) mass is 317 g/mol. The zero-order chi connectivity index (χ0) is 15.4. The summed E-state index contributed by atoms with van der Waals surface area (Å²) in [5.41, 5.74) is 1.80. The van der Waals surface area contributed by atoms with Gasteiger partial charge in [-0.25, -0.2) is 12.9 Å². The van der Waals surface area contributed by atoms with Crippen molar-refractivity contribution < 1.29 is 8.78 Å². The fraction of sp³-hybridized carbons (Fsp3) is 0.0625. The van der Waals surface area contributed by atoms with Crippen LogP contribution in [-0.2, 0) is 5.75 Å². The lowest BCUT2D eigenvalue weighted by atomic mass is 10.2. The first-order valence-electron chi connectivity index (χ1n) is 6.65. The Bertz CT molecular complexity index is 739. The van der Waals surface area contributed by atoms with Gasteiger partial charge in [-0.3, -0.25) is 0 Å². The van der Waals surface area contributed by atoms with Crippen molar-refractivity contribution in [3.63, 3.8) is 0 Å². The SMILES string of the molecule is Fc1ccc(CSn2ccc(Nc3ccc(F)cc3)n2)cc1. The van der Waals surface area contributed by atoms with E-state index >= 15 is 0 Å². The summed E-state index contributed by atoms with van der Waals surface area (Å²) in [5.74, 6) is 0.862. The Balaban J connectivity index is 1.59. The Morgan fingerprint density at radius 2 is 1.55 bits per heavy atom. The van der Waals surface area contributed by atoms with E-state index in [2.05, 4.69) is 10.4 Å². The van der Waals surface area contributed by atoms with Crippen molar-refractivity contribution >= 4 is 23.5 Å². The van der Waals surface area contributed by atoms with Gasteiger partial charge in [0.05, 0.1) is 0 Å². The normalized spacial score (nSPS) is 10.6. The summed E-state index contributed by atoms with van der Waals surface area (Å²) in [4.78, 5) is 0. The number of hydrogen-bond acceptors (Lipinski definition) is 3. The highest BCUT2D eigenvalue weighted by atomic mass is 32.2. The molecule has 0 saturated heterocycles. The largest absolute Gasteiger partial charge is 0.339 e. The molecule has 0 aliphatic carbocycles. The molecule has 0 amide bonds. The minimum absolute atomic E-state index is 0.237. The minimum Gasteiger partial charge on any atom is -0.339 e. The van der Waals surface area contributed by atoms with Gasteiger partial charge in [-0.05, 0) is 53.9 Å². The molecule has 3 nitrogen and oxygen atoms in total. The molecule has 112 valence electrons. The van der Waals surface area contributed by atoms with Crippen LogP contribution in [0.25, 0.3) is 0 Å². The van der Waals surface area contributed by atoms with Crippen LogP contribution in [0.3, 0.4) is 0 Å². The molecule has 0 atom stereocenters. The molecule has 1 heterocycles. The topological polar surface area (TPSA) is 29.9 Å². The quantitative estimate of drug-likeness (QED) is 0.746.